The third kappa shape index (κ3) is 2.36. The minimum atomic E-state index is -1.08. The maximum atomic E-state index is 13.4. The number of hydrogen-bond donors (Lipinski definition) is 1. The molecule has 0 amide bonds. The van der Waals surface area contributed by atoms with Crippen molar-refractivity contribution in [2.45, 2.75) is 6.92 Å². The third-order valence-electron chi connectivity index (χ3n) is 2.32. The molecule has 0 aromatic heterocycles. The Hall–Kier alpha value is -2.10. The van der Waals surface area contributed by atoms with E-state index in [0.717, 1.165) is 11.6 Å². The Morgan fingerprint density at radius 1 is 1.00 bits per heavy atom. The van der Waals surface area contributed by atoms with Crippen LogP contribution in [-0.2, 0) is 0 Å². The van der Waals surface area contributed by atoms with Crippen molar-refractivity contribution in [1.82, 2.24) is 0 Å². The van der Waals surface area contributed by atoms with Crippen LogP contribution in [0.4, 0.5) is 14.5 Å². The maximum absolute atomic E-state index is 13.4. The molecule has 0 aliphatic carbocycles. The Kier molecular flexibility index (Phi) is 2.95. The number of ether oxygens (including phenoxy) is 1. The summed E-state index contributed by atoms with van der Waals surface area (Å²) >= 11 is 0. The van der Waals surface area contributed by atoms with E-state index < -0.39 is 11.6 Å². The van der Waals surface area contributed by atoms with E-state index >= 15 is 0 Å². The van der Waals surface area contributed by atoms with Crippen molar-refractivity contribution in [2.75, 3.05) is 5.73 Å². The lowest BCUT2D eigenvalue weighted by molar-refractivity contribution is 0.418. The highest BCUT2D eigenvalue weighted by atomic mass is 19.2. The van der Waals surface area contributed by atoms with Crippen LogP contribution in [0.5, 0.6) is 11.5 Å². The first-order chi connectivity index (χ1) is 8.08. The summed E-state index contributed by atoms with van der Waals surface area (Å²) in [6.07, 6.45) is 0. The Morgan fingerprint density at radius 3 is 2.29 bits per heavy atom. The summed E-state index contributed by atoms with van der Waals surface area (Å²) in [6.45, 7) is 1.92. The van der Waals surface area contributed by atoms with Gasteiger partial charge in [-0.3, -0.25) is 0 Å². The molecule has 0 saturated heterocycles. The fraction of sp³-hybridized carbons (Fsp3) is 0.0769. The summed E-state index contributed by atoms with van der Waals surface area (Å²) in [4.78, 5) is 0. The maximum Gasteiger partial charge on any atom is 0.203 e. The van der Waals surface area contributed by atoms with Crippen molar-refractivity contribution >= 4 is 5.69 Å². The van der Waals surface area contributed by atoms with Gasteiger partial charge < -0.3 is 10.5 Å². The summed E-state index contributed by atoms with van der Waals surface area (Å²) in [6, 6.07) is 9.18. The van der Waals surface area contributed by atoms with E-state index in [1.807, 2.05) is 19.1 Å². The molecule has 0 spiro atoms. The fourth-order valence-corrected chi connectivity index (χ4v) is 1.37. The Morgan fingerprint density at radius 2 is 1.65 bits per heavy atom. The smallest absolute Gasteiger partial charge is 0.203 e. The normalized spacial score (nSPS) is 10.3. The number of halogens is 2. The van der Waals surface area contributed by atoms with Crippen molar-refractivity contribution in [3.63, 3.8) is 0 Å². The highest BCUT2D eigenvalue weighted by Gasteiger charge is 2.13. The van der Waals surface area contributed by atoms with Crippen LogP contribution in [0.2, 0.25) is 0 Å². The van der Waals surface area contributed by atoms with Crippen LogP contribution in [0.15, 0.2) is 36.4 Å². The number of nitrogen functional groups attached to an aromatic ring is 1. The van der Waals surface area contributed by atoms with Crippen LogP contribution >= 0.6 is 0 Å². The molecule has 2 N–H and O–H groups in total. The van der Waals surface area contributed by atoms with Gasteiger partial charge in [0, 0.05) is 0 Å². The van der Waals surface area contributed by atoms with Gasteiger partial charge in [-0.05, 0) is 31.2 Å². The number of hydrogen-bond acceptors (Lipinski definition) is 2. The van der Waals surface area contributed by atoms with Crippen molar-refractivity contribution in [2.24, 2.45) is 0 Å². The second-order valence-electron chi connectivity index (χ2n) is 3.69. The van der Waals surface area contributed by atoms with E-state index in [1.54, 1.807) is 12.1 Å². The molecule has 0 bridgehead atoms. The lowest BCUT2D eigenvalue weighted by Gasteiger charge is -2.09. The van der Waals surface area contributed by atoms with E-state index in [0.29, 0.717) is 5.75 Å². The molecule has 2 aromatic carbocycles. The van der Waals surface area contributed by atoms with Gasteiger partial charge in [-0.1, -0.05) is 17.7 Å². The van der Waals surface area contributed by atoms with Crippen molar-refractivity contribution in [3.8, 4) is 11.5 Å². The van der Waals surface area contributed by atoms with E-state index in [-0.39, 0.29) is 11.4 Å². The van der Waals surface area contributed by atoms with E-state index in [1.165, 1.54) is 6.07 Å². The molecular formula is C13H11F2NO. The van der Waals surface area contributed by atoms with Crippen LogP contribution in [0.1, 0.15) is 5.56 Å². The minimum absolute atomic E-state index is 0.0597. The molecule has 0 aliphatic heterocycles. The molecule has 0 saturated carbocycles. The van der Waals surface area contributed by atoms with Crippen LogP contribution in [0.25, 0.3) is 0 Å². The minimum Gasteiger partial charge on any atom is -0.452 e. The van der Waals surface area contributed by atoms with E-state index in [4.69, 9.17) is 10.5 Å². The first-order valence-corrected chi connectivity index (χ1v) is 5.06. The second-order valence-corrected chi connectivity index (χ2v) is 3.69. The summed E-state index contributed by atoms with van der Waals surface area (Å²) in [5.41, 5.74) is 6.64. The van der Waals surface area contributed by atoms with Crippen LogP contribution in [0.3, 0.4) is 0 Å². The van der Waals surface area contributed by atoms with Gasteiger partial charge in [-0.15, -0.1) is 0 Å². The summed E-state index contributed by atoms with van der Waals surface area (Å²) < 4.78 is 31.7. The SMILES string of the molecule is Cc1ccc(Oc2c(N)ccc(F)c2F)cc1. The molecule has 0 aliphatic rings. The van der Waals surface area contributed by atoms with Gasteiger partial charge in [0.15, 0.2) is 11.6 Å². The molecule has 4 heteroatoms. The quantitative estimate of drug-likeness (QED) is 0.806. The highest BCUT2D eigenvalue weighted by molar-refractivity contribution is 5.54. The molecule has 2 nitrogen and oxygen atoms in total. The number of benzene rings is 2. The molecule has 0 heterocycles. The van der Waals surface area contributed by atoms with Gasteiger partial charge in [0.1, 0.15) is 5.75 Å². The summed E-state index contributed by atoms with van der Waals surface area (Å²) in [5, 5.41) is 0. The van der Waals surface area contributed by atoms with Gasteiger partial charge >= 0.3 is 0 Å². The average molecular weight is 235 g/mol. The van der Waals surface area contributed by atoms with Gasteiger partial charge in [-0.2, -0.15) is 4.39 Å². The summed E-state index contributed by atoms with van der Waals surface area (Å²) in [7, 11) is 0. The zero-order valence-corrected chi connectivity index (χ0v) is 9.21. The van der Waals surface area contributed by atoms with E-state index in [9.17, 15) is 8.78 Å². The first-order valence-electron chi connectivity index (χ1n) is 5.06. The highest BCUT2D eigenvalue weighted by Crippen LogP contribution is 2.31. The molecule has 0 atom stereocenters. The molecule has 2 rings (SSSR count). The molecule has 2 aromatic rings. The number of nitrogens with two attached hydrogens (primary N) is 1. The standard InChI is InChI=1S/C13H11F2NO/c1-8-2-4-9(5-3-8)17-13-11(16)7-6-10(14)12(13)15/h2-7H,16H2,1H3. The topological polar surface area (TPSA) is 35.2 Å². The van der Waals surface area contributed by atoms with Crippen molar-refractivity contribution in [3.05, 3.63) is 53.6 Å². The molecule has 0 fully saturated rings. The Balaban J connectivity index is 2.36. The number of anilines is 1. The van der Waals surface area contributed by atoms with Crippen molar-refractivity contribution < 1.29 is 13.5 Å². The molecule has 17 heavy (non-hydrogen) atoms. The van der Waals surface area contributed by atoms with Gasteiger partial charge in [-0.25, -0.2) is 4.39 Å². The van der Waals surface area contributed by atoms with Gasteiger partial charge in [0.05, 0.1) is 5.69 Å². The van der Waals surface area contributed by atoms with E-state index in [2.05, 4.69) is 0 Å². The Bertz CT molecular complexity index is 538. The summed E-state index contributed by atoms with van der Waals surface area (Å²) in [5.74, 6) is -1.94. The van der Waals surface area contributed by atoms with Gasteiger partial charge in [0.25, 0.3) is 0 Å². The monoisotopic (exact) mass is 235 g/mol. The zero-order valence-electron chi connectivity index (χ0n) is 9.21. The largest absolute Gasteiger partial charge is 0.452 e. The van der Waals surface area contributed by atoms with Gasteiger partial charge in [0.2, 0.25) is 5.82 Å². The van der Waals surface area contributed by atoms with Crippen LogP contribution < -0.4 is 10.5 Å². The third-order valence-corrected chi connectivity index (χ3v) is 2.32. The predicted molar refractivity (Wildman–Crippen MR) is 62.0 cm³/mol. The number of aryl methyl sites for hydroxylation is 1. The van der Waals surface area contributed by atoms with Crippen molar-refractivity contribution in [1.29, 1.82) is 0 Å². The number of rotatable bonds is 2. The first kappa shape index (κ1) is 11.4. The molecule has 0 unspecified atom stereocenters. The molecular weight excluding hydrogens is 224 g/mol. The Labute approximate surface area is 97.6 Å². The van der Waals surface area contributed by atoms with Crippen LogP contribution in [0, 0.1) is 18.6 Å². The fourth-order valence-electron chi connectivity index (χ4n) is 1.37. The zero-order chi connectivity index (χ0) is 12.4. The lowest BCUT2D eigenvalue weighted by Crippen LogP contribution is -1.97. The molecule has 88 valence electrons. The second kappa shape index (κ2) is 4.41. The van der Waals surface area contributed by atoms with Crippen LogP contribution in [-0.4, -0.2) is 0 Å². The average Bonchev–Trinajstić information content (AvgIpc) is 2.32. The lowest BCUT2D eigenvalue weighted by atomic mass is 10.2. The predicted octanol–water partition coefficient (Wildman–Crippen LogP) is 3.65. The molecule has 0 radical (unpaired) electrons.